The highest BCUT2D eigenvalue weighted by Gasteiger charge is 2.33. The number of ether oxygens (including phenoxy) is 1. The number of thioether (sulfide) groups is 1. The summed E-state index contributed by atoms with van der Waals surface area (Å²) in [7, 11) is 0. The van der Waals surface area contributed by atoms with E-state index in [1.807, 2.05) is 63.2 Å². The van der Waals surface area contributed by atoms with Crippen LogP contribution in [0.1, 0.15) is 43.0 Å². The number of urea groups is 1. The molecule has 234 valence electrons. The summed E-state index contributed by atoms with van der Waals surface area (Å²) in [5.41, 5.74) is 10.5. The van der Waals surface area contributed by atoms with Crippen LogP contribution in [0.4, 0.5) is 23.7 Å². The average molecular weight is 638 g/mol. The lowest BCUT2D eigenvalue weighted by Gasteiger charge is -2.22. The molecule has 1 aliphatic heterocycles. The number of hydrogen-bond donors (Lipinski definition) is 2. The molecule has 1 aliphatic rings. The summed E-state index contributed by atoms with van der Waals surface area (Å²) in [5, 5.41) is 4.76. The number of benzene rings is 3. The third kappa shape index (κ3) is 7.52. The van der Waals surface area contributed by atoms with E-state index in [0.717, 1.165) is 34.4 Å². The fourth-order valence-electron chi connectivity index (χ4n) is 4.86. The second-order valence-electron chi connectivity index (χ2n) is 10.1. The summed E-state index contributed by atoms with van der Waals surface area (Å²) in [5.74, 6) is 0.183. The predicted octanol–water partition coefficient (Wildman–Crippen LogP) is 6.51. The number of halogens is 3. The highest BCUT2D eigenvalue weighted by molar-refractivity contribution is 8.15. The molecule has 1 saturated heterocycles. The summed E-state index contributed by atoms with van der Waals surface area (Å²) in [6, 6.07) is 17.8. The number of aromatic nitrogens is 3. The van der Waals surface area contributed by atoms with Crippen molar-refractivity contribution in [1.29, 1.82) is 0 Å². The lowest BCUT2D eigenvalue weighted by Crippen LogP contribution is -2.39. The van der Waals surface area contributed by atoms with Crippen molar-refractivity contribution in [2.24, 2.45) is 4.99 Å². The number of amides is 3. The van der Waals surface area contributed by atoms with Crippen molar-refractivity contribution in [3.63, 3.8) is 0 Å². The lowest BCUT2D eigenvalue weighted by molar-refractivity contribution is -0.274. The number of alkyl halides is 3. The summed E-state index contributed by atoms with van der Waals surface area (Å²) >= 11 is 1.23. The van der Waals surface area contributed by atoms with Crippen molar-refractivity contribution in [2.75, 3.05) is 10.7 Å². The number of hydrogen-bond acceptors (Lipinski definition) is 7. The Balaban J connectivity index is 1.23. The van der Waals surface area contributed by atoms with Crippen LogP contribution in [0.25, 0.3) is 17.1 Å². The van der Waals surface area contributed by atoms with E-state index < -0.39 is 12.4 Å². The highest BCUT2D eigenvalue weighted by Crippen LogP contribution is 2.33. The Labute approximate surface area is 261 Å². The Morgan fingerprint density at radius 1 is 1.09 bits per heavy atom. The number of carbonyl (C=O) groups is 2. The van der Waals surface area contributed by atoms with E-state index in [-0.39, 0.29) is 23.5 Å². The fraction of sp³-hybridized carbons (Fsp3) is 0.258. The van der Waals surface area contributed by atoms with E-state index in [2.05, 4.69) is 30.7 Å². The summed E-state index contributed by atoms with van der Waals surface area (Å²) in [6.07, 6.45) is -1.91. The van der Waals surface area contributed by atoms with Crippen LogP contribution in [-0.2, 0) is 11.2 Å². The van der Waals surface area contributed by atoms with Gasteiger partial charge in [-0.2, -0.15) is 4.99 Å². The molecule has 3 amide bonds. The van der Waals surface area contributed by atoms with Gasteiger partial charge in [0.25, 0.3) is 0 Å². The zero-order valence-corrected chi connectivity index (χ0v) is 25.4. The number of amidine groups is 1. The van der Waals surface area contributed by atoms with E-state index in [0.29, 0.717) is 23.1 Å². The summed E-state index contributed by atoms with van der Waals surface area (Å²) in [6.45, 7) is 5.92. The van der Waals surface area contributed by atoms with Crippen molar-refractivity contribution in [3.05, 3.63) is 89.7 Å². The van der Waals surface area contributed by atoms with Crippen LogP contribution in [0.2, 0.25) is 0 Å². The molecule has 0 spiro atoms. The Morgan fingerprint density at radius 2 is 1.82 bits per heavy atom. The van der Waals surface area contributed by atoms with Gasteiger partial charge in [-0.1, -0.05) is 68.1 Å². The number of nitrogens with zero attached hydrogens (tertiary/aromatic N) is 5. The number of hydrazine groups is 1. The first-order chi connectivity index (χ1) is 21.6. The van der Waals surface area contributed by atoms with Gasteiger partial charge in [-0.25, -0.2) is 19.9 Å². The minimum Gasteiger partial charge on any atom is -0.406 e. The Morgan fingerprint density at radius 3 is 2.49 bits per heavy atom. The summed E-state index contributed by atoms with van der Waals surface area (Å²) in [4.78, 5) is 35.6. The molecular formula is C31H30F3N7O3S. The maximum atomic E-state index is 12.8. The SMILES string of the molecule is CCc1cccc(C)c1N1C(=O)CSC1=NC(=O)NNC(CC)c1ccc(-c2ncn(-c3ccc(OC(F)(F)F)cc3)n2)cc1. The van der Waals surface area contributed by atoms with Gasteiger partial charge in [-0.05, 0) is 60.7 Å². The van der Waals surface area contributed by atoms with Crippen molar-refractivity contribution in [2.45, 2.75) is 46.0 Å². The monoisotopic (exact) mass is 637 g/mol. The second kappa shape index (κ2) is 13.5. The molecule has 45 heavy (non-hydrogen) atoms. The van der Waals surface area contributed by atoms with Gasteiger partial charge in [-0.3, -0.25) is 15.1 Å². The first-order valence-electron chi connectivity index (χ1n) is 14.1. The van der Waals surface area contributed by atoms with Crippen LogP contribution in [0.3, 0.4) is 0 Å². The number of anilines is 1. The molecule has 0 bridgehead atoms. The topological polar surface area (TPSA) is 114 Å². The molecule has 3 aromatic carbocycles. The molecule has 1 aromatic heterocycles. The number of para-hydroxylation sites is 1. The normalized spacial score (nSPS) is 15.0. The molecule has 5 rings (SSSR count). The molecule has 1 fully saturated rings. The minimum absolute atomic E-state index is 0.122. The van der Waals surface area contributed by atoms with E-state index in [9.17, 15) is 22.8 Å². The van der Waals surface area contributed by atoms with Gasteiger partial charge in [0, 0.05) is 5.56 Å². The fourth-order valence-corrected chi connectivity index (χ4v) is 5.71. The molecule has 10 nitrogen and oxygen atoms in total. The van der Waals surface area contributed by atoms with Gasteiger partial charge in [0.2, 0.25) is 5.91 Å². The maximum absolute atomic E-state index is 12.8. The average Bonchev–Trinajstić information content (AvgIpc) is 3.64. The Kier molecular flexibility index (Phi) is 9.54. The van der Waals surface area contributed by atoms with Gasteiger partial charge in [0.1, 0.15) is 12.1 Å². The van der Waals surface area contributed by atoms with Crippen LogP contribution in [-0.4, -0.2) is 44.0 Å². The number of aryl methyl sites for hydroxylation is 2. The van der Waals surface area contributed by atoms with E-state index in [1.54, 1.807) is 0 Å². The zero-order valence-electron chi connectivity index (χ0n) is 24.6. The first kappa shape index (κ1) is 31.7. The van der Waals surface area contributed by atoms with Crippen LogP contribution >= 0.6 is 11.8 Å². The lowest BCUT2D eigenvalue weighted by atomic mass is 10.0. The third-order valence-corrected chi connectivity index (χ3v) is 7.97. The number of nitrogens with one attached hydrogen (secondary N) is 2. The molecule has 0 saturated carbocycles. The van der Waals surface area contributed by atoms with Gasteiger partial charge in [0.05, 0.1) is 23.2 Å². The number of carbonyl (C=O) groups excluding carboxylic acids is 2. The van der Waals surface area contributed by atoms with E-state index >= 15 is 0 Å². The predicted molar refractivity (Wildman–Crippen MR) is 166 cm³/mol. The van der Waals surface area contributed by atoms with Crippen LogP contribution < -0.4 is 20.5 Å². The van der Waals surface area contributed by atoms with Crippen molar-refractivity contribution >= 4 is 34.6 Å². The van der Waals surface area contributed by atoms with Gasteiger partial charge >= 0.3 is 12.4 Å². The number of aliphatic imine (C=N–C) groups is 1. The smallest absolute Gasteiger partial charge is 0.406 e. The molecule has 0 radical (unpaired) electrons. The largest absolute Gasteiger partial charge is 0.573 e. The van der Waals surface area contributed by atoms with E-state index in [4.69, 9.17) is 0 Å². The van der Waals surface area contributed by atoms with Crippen molar-refractivity contribution < 1.29 is 27.5 Å². The molecule has 1 unspecified atom stereocenters. The first-order valence-corrected chi connectivity index (χ1v) is 15.1. The van der Waals surface area contributed by atoms with E-state index in [1.165, 1.54) is 51.9 Å². The van der Waals surface area contributed by atoms with Crippen LogP contribution in [0.15, 0.2) is 78.0 Å². The summed E-state index contributed by atoms with van der Waals surface area (Å²) < 4.78 is 42.7. The highest BCUT2D eigenvalue weighted by atomic mass is 32.2. The van der Waals surface area contributed by atoms with Crippen LogP contribution in [0.5, 0.6) is 5.75 Å². The van der Waals surface area contributed by atoms with Gasteiger partial charge in [-0.15, -0.1) is 18.3 Å². The molecule has 0 aliphatic carbocycles. The van der Waals surface area contributed by atoms with Gasteiger partial charge < -0.3 is 4.74 Å². The molecule has 2 heterocycles. The number of rotatable bonds is 9. The Hall–Kier alpha value is -4.69. The molecule has 1 atom stereocenters. The molecular weight excluding hydrogens is 607 g/mol. The minimum atomic E-state index is -4.76. The second-order valence-corrected chi connectivity index (χ2v) is 11.0. The standard InChI is InChI=1S/C31H30F3N7O3S/c1-4-20-8-6-7-19(3)27(20)41-26(42)17-45-30(41)36-29(43)38-37-25(5-2)21-9-11-22(12-10-21)28-35-18-40(39-28)23-13-15-24(16-14-23)44-31(32,33)34/h6-16,18,25,37H,4-5,17H2,1-3H3,(H,38,43). The quantitative estimate of drug-likeness (QED) is 0.201. The Bertz CT molecular complexity index is 1710. The molecule has 4 aromatic rings. The van der Waals surface area contributed by atoms with Gasteiger partial charge in [0.15, 0.2) is 11.0 Å². The molecule has 14 heteroatoms. The molecule has 2 N–H and O–H groups in total. The van der Waals surface area contributed by atoms with Crippen molar-refractivity contribution in [3.8, 4) is 22.8 Å². The van der Waals surface area contributed by atoms with Crippen molar-refractivity contribution in [1.82, 2.24) is 25.6 Å². The van der Waals surface area contributed by atoms with Crippen LogP contribution in [0, 0.1) is 6.92 Å². The zero-order chi connectivity index (χ0) is 32.1. The third-order valence-electron chi connectivity index (χ3n) is 7.05. The maximum Gasteiger partial charge on any atom is 0.573 e.